The Morgan fingerprint density at radius 3 is 2.55 bits per heavy atom. The molecule has 0 amide bonds. The van der Waals surface area contributed by atoms with Gasteiger partial charge in [0.2, 0.25) is 0 Å². The number of methoxy groups -OCH3 is 1. The maximum atomic E-state index is 8.59. The molecule has 0 spiro atoms. The number of ether oxygens (including phenoxy) is 1. The largest absolute Gasteiger partial charge is 0.395 e. The SMILES string of the molecule is CO[C@@H](C)CCN(C)CCO. The molecular weight excluding hydrogens is 142 g/mol. The van der Waals surface area contributed by atoms with Crippen LogP contribution in [0.15, 0.2) is 0 Å². The van der Waals surface area contributed by atoms with Crippen molar-refractivity contribution in [1.82, 2.24) is 4.90 Å². The third-order valence-electron chi connectivity index (χ3n) is 1.80. The number of aliphatic hydroxyl groups is 1. The van der Waals surface area contributed by atoms with Crippen LogP contribution >= 0.6 is 0 Å². The number of hydrogen-bond acceptors (Lipinski definition) is 3. The predicted octanol–water partition coefficient (Wildman–Crippen LogP) is 0.336. The highest BCUT2D eigenvalue weighted by molar-refractivity contribution is 4.55. The van der Waals surface area contributed by atoms with Crippen LogP contribution in [0.2, 0.25) is 0 Å². The molecule has 3 heteroatoms. The molecule has 0 aliphatic carbocycles. The minimum Gasteiger partial charge on any atom is -0.395 e. The van der Waals surface area contributed by atoms with Crippen molar-refractivity contribution >= 4 is 0 Å². The fraction of sp³-hybridized carbons (Fsp3) is 1.00. The second kappa shape index (κ2) is 6.58. The van der Waals surface area contributed by atoms with Gasteiger partial charge in [0.05, 0.1) is 12.7 Å². The van der Waals surface area contributed by atoms with E-state index in [-0.39, 0.29) is 6.61 Å². The zero-order valence-corrected chi connectivity index (χ0v) is 7.71. The minimum absolute atomic E-state index is 0.234. The molecule has 3 nitrogen and oxygen atoms in total. The van der Waals surface area contributed by atoms with Gasteiger partial charge in [-0.15, -0.1) is 0 Å². The van der Waals surface area contributed by atoms with Gasteiger partial charge in [0, 0.05) is 20.2 Å². The Hall–Kier alpha value is -0.120. The van der Waals surface area contributed by atoms with Crippen LogP contribution in [0.25, 0.3) is 0 Å². The quantitative estimate of drug-likeness (QED) is 0.609. The summed E-state index contributed by atoms with van der Waals surface area (Å²) >= 11 is 0. The summed E-state index contributed by atoms with van der Waals surface area (Å²) in [5.41, 5.74) is 0. The maximum absolute atomic E-state index is 8.59. The molecule has 0 aliphatic heterocycles. The summed E-state index contributed by atoms with van der Waals surface area (Å²) in [5, 5.41) is 8.59. The molecule has 0 saturated carbocycles. The van der Waals surface area contributed by atoms with Gasteiger partial charge in [-0.05, 0) is 20.4 Å². The zero-order valence-electron chi connectivity index (χ0n) is 7.71. The van der Waals surface area contributed by atoms with Crippen LogP contribution in [0.5, 0.6) is 0 Å². The van der Waals surface area contributed by atoms with E-state index in [9.17, 15) is 0 Å². The van der Waals surface area contributed by atoms with Crippen molar-refractivity contribution in [2.75, 3.05) is 33.9 Å². The Bertz CT molecular complexity index is 88.2. The highest BCUT2D eigenvalue weighted by atomic mass is 16.5. The summed E-state index contributed by atoms with van der Waals surface area (Å²) in [4.78, 5) is 2.09. The first-order valence-corrected chi connectivity index (χ1v) is 4.03. The Morgan fingerprint density at radius 1 is 1.45 bits per heavy atom. The number of likely N-dealkylation sites (N-methyl/N-ethyl adjacent to an activating group) is 1. The molecule has 0 bridgehead atoms. The van der Waals surface area contributed by atoms with E-state index in [4.69, 9.17) is 9.84 Å². The third kappa shape index (κ3) is 6.28. The van der Waals surface area contributed by atoms with E-state index in [1.54, 1.807) is 7.11 Å². The lowest BCUT2D eigenvalue weighted by Crippen LogP contribution is -2.25. The lowest BCUT2D eigenvalue weighted by Gasteiger charge is -2.17. The van der Waals surface area contributed by atoms with Gasteiger partial charge in [-0.3, -0.25) is 0 Å². The summed E-state index contributed by atoms with van der Waals surface area (Å²) in [7, 11) is 3.72. The fourth-order valence-electron chi connectivity index (χ4n) is 0.803. The molecule has 0 unspecified atom stereocenters. The molecule has 0 fully saturated rings. The molecule has 0 rings (SSSR count). The van der Waals surface area contributed by atoms with Crippen LogP contribution in [0, 0.1) is 0 Å². The van der Waals surface area contributed by atoms with Crippen molar-refractivity contribution in [2.45, 2.75) is 19.4 Å². The van der Waals surface area contributed by atoms with Crippen LogP contribution in [0.3, 0.4) is 0 Å². The first-order chi connectivity index (χ1) is 5.20. The summed E-state index contributed by atoms with van der Waals surface area (Å²) in [6, 6.07) is 0. The topological polar surface area (TPSA) is 32.7 Å². The van der Waals surface area contributed by atoms with Gasteiger partial charge >= 0.3 is 0 Å². The molecule has 0 saturated heterocycles. The summed E-state index contributed by atoms with van der Waals surface area (Å²) in [5.74, 6) is 0. The Morgan fingerprint density at radius 2 is 2.09 bits per heavy atom. The Kier molecular flexibility index (Phi) is 6.51. The van der Waals surface area contributed by atoms with Crippen molar-refractivity contribution in [3.05, 3.63) is 0 Å². The van der Waals surface area contributed by atoms with E-state index in [1.807, 2.05) is 14.0 Å². The van der Waals surface area contributed by atoms with Crippen molar-refractivity contribution in [2.24, 2.45) is 0 Å². The second-order valence-electron chi connectivity index (χ2n) is 2.86. The highest BCUT2D eigenvalue weighted by Gasteiger charge is 2.01. The molecule has 0 heterocycles. The predicted molar refractivity (Wildman–Crippen MR) is 45.7 cm³/mol. The third-order valence-corrected chi connectivity index (χ3v) is 1.80. The number of hydrogen-bond donors (Lipinski definition) is 1. The van der Waals surface area contributed by atoms with Crippen LogP contribution in [-0.2, 0) is 4.74 Å². The number of nitrogens with zero attached hydrogens (tertiary/aromatic N) is 1. The molecule has 0 aromatic heterocycles. The standard InChI is InChI=1S/C8H19NO2/c1-8(11-3)4-5-9(2)6-7-10/h8,10H,4-7H2,1-3H3/t8-/m0/s1. The molecule has 1 atom stereocenters. The lowest BCUT2D eigenvalue weighted by molar-refractivity contribution is 0.0980. The molecule has 1 N–H and O–H groups in total. The van der Waals surface area contributed by atoms with E-state index in [1.165, 1.54) is 0 Å². The molecule has 0 radical (unpaired) electrons. The average Bonchev–Trinajstić information content (AvgIpc) is 2.01. The normalized spacial score (nSPS) is 13.9. The summed E-state index contributed by atoms with van der Waals surface area (Å²) in [6.45, 7) is 4.01. The Balaban J connectivity index is 3.22. The van der Waals surface area contributed by atoms with Crippen LogP contribution in [-0.4, -0.2) is 50.0 Å². The van der Waals surface area contributed by atoms with Gasteiger partial charge in [-0.1, -0.05) is 0 Å². The van der Waals surface area contributed by atoms with E-state index >= 15 is 0 Å². The van der Waals surface area contributed by atoms with Gasteiger partial charge in [0.25, 0.3) is 0 Å². The van der Waals surface area contributed by atoms with Crippen LogP contribution in [0.4, 0.5) is 0 Å². The first kappa shape index (κ1) is 10.9. The molecule has 68 valence electrons. The van der Waals surface area contributed by atoms with Crippen molar-refractivity contribution in [1.29, 1.82) is 0 Å². The Labute approximate surface area is 69.0 Å². The average molecular weight is 161 g/mol. The highest BCUT2D eigenvalue weighted by Crippen LogP contribution is 1.96. The van der Waals surface area contributed by atoms with Gasteiger partial charge in [-0.2, -0.15) is 0 Å². The van der Waals surface area contributed by atoms with Gasteiger partial charge in [-0.25, -0.2) is 0 Å². The molecule has 0 aromatic rings. The number of aliphatic hydroxyl groups excluding tert-OH is 1. The fourth-order valence-corrected chi connectivity index (χ4v) is 0.803. The molecule has 0 aromatic carbocycles. The van der Waals surface area contributed by atoms with Crippen LogP contribution < -0.4 is 0 Å². The molecular formula is C8H19NO2. The smallest absolute Gasteiger partial charge is 0.0558 e. The van der Waals surface area contributed by atoms with Gasteiger partial charge in [0.1, 0.15) is 0 Å². The van der Waals surface area contributed by atoms with E-state index in [0.29, 0.717) is 6.10 Å². The van der Waals surface area contributed by atoms with Gasteiger partial charge in [0.15, 0.2) is 0 Å². The minimum atomic E-state index is 0.234. The van der Waals surface area contributed by atoms with E-state index in [0.717, 1.165) is 19.5 Å². The zero-order chi connectivity index (χ0) is 8.69. The maximum Gasteiger partial charge on any atom is 0.0558 e. The van der Waals surface area contributed by atoms with E-state index in [2.05, 4.69) is 4.90 Å². The van der Waals surface area contributed by atoms with Crippen molar-refractivity contribution in [3.8, 4) is 0 Å². The molecule has 0 aliphatic rings. The van der Waals surface area contributed by atoms with Gasteiger partial charge < -0.3 is 14.7 Å². The summed E-state index contributed by atoms with van der Waals surface area (Å²) in [6.07, 6.45) is 1.34. The summed E-state index contributed by atoms with van der Waals surface area (Å²) < 4.78 is 5.09. The lowest BCUT2D eigenvalue weighted by atomic mass is 10.3. The monoisotopic (exact) mass is 161 g/mol. The van der Waals surface area contributed by atoms with Crippen LogP contribution in [0.1, 0.15) is 13.3 Å². The van der Waals surface area contributed by atoms with E-state index < -0.39 is 0 Å². The number of rotatable bonds is 6. The van der Waals surface area contributed by atoms with Crippen molar-refractivity contribution in [3.63, 3.8) is 0 Å². The van der Waals surface area contributed by atoms with Crippen molar-refractivity contribution < 1.29 is 9.84 Å². The first-order valence-electron chi connectivity index (χ1n) is 4.03. The second-order valence-corrected chi connectivity index (χ2v) is 2.86. The molecule has 11 heavy (non-hydrogen) atoms.